The maximum atomic E-state index is 12.8. The van der Waals surface area contributed by atoms with Crippen molar-refractivity contribution in [3.05, 3.63) is 64.7 Å². The highest BCUT2D eigenvalue weighted by atomic mass is 35.5. The first-order chi connectivity index (χ1) is 14.0. The predicted molar refractivity (Wildman–Crippen MR) is 128 cm³/mol. The fourth-order valence-corrected chi connectivity index (χ4v) is 3.58. The first-order valence-corrected chi connectivity index (χ1v) is 10.6. The minimum Gasteiger partial charge on any atom is -0.384 e. The number of anilines is 1. The molecular formula is C23H32Cl2N4O. The molecule has 1 aliphatic heterocycles. The number of halogens is 2. The van der Waals surface area contributed by atoms with E-state index in [2.05, 4.69) is 41.3 Å². The molecule has 2 aromatic carbocycles. The van der Waals surface area contributed by atoms with Crippen LogP contribution in [0.1, 0.15) is 15.9 Å². The van der Waals surface area contributed by atoms with Crippen LogP contribution in [0, 0.1) is 0 Å². The lowest BCUT2D eigenvalue weighted by molar-refractivity contribution is 0.0638. The number of rotatable bonds is 8. The third kappa shape index (κ3) is 7.47. The molecule has 0 unspecified atom stereocenters. The van der Waals surface area contributed by atoms with E-state index >= 15 is 0 Å². The molecule has 3 rings (SSSR count). The maximum Gasteiger partial charge on any atom is 0.253 e. The summed E-state index contributed by atoms with van der Waals surface area (Å²) in [4.78, 5) is 19.3. The second-order valence-electron chi connectivity index (χ2n) is 7.82. The van der Waals surface area contributed by atoms with Gasteiger partial charge >= 0.3 is 0 Å². The van der Waals surface area contributed by atoms with Gasteiger partial charge in [-0.15, -0.1) is 12.4 Å². The number of nitrogens with one attached hydrogen (secondary N) is 1. The van der Waals surface area contributed by atoms with Gasteiger partial charge in [0.25, 0.3) is 5.91 Å². The number of carbonyl (C=O) groups is 1. The highest BCUT2D eigenvalue weighted by molar-refractivity contribution is 6.30. The molecule has 1 N–H and O–H groups in total. The molecule has 5 nitrogen and oxygen atoms in total. The normalized spacial score (nSPS) is 14.5. The molecule has 0 saturated carbocycles. The van der Waals surface area contributed by atoms with E-state index in [1.54, 1.807) is 0 Å². The topological polar surface area (TPSA) is 38.8 Å². The predicted octanol–water partition coefficient (Wildman–Crippen LogP) is 3.74. The zero-order valence-corrected chi connectivity index (χ0v) is 19.4. The Hall–Kier alpha value is -1.79. The van der Waals surface area contributed by atoms with Crippen LogP contribution in [0.3, 0.4) is 0 Å². The van der Waals surface area contributed by atoms with Gasteiger partial charge in [-0.3, -0.25) is 9.69 Å². The first-order valence-electron chi connectivity index (χ1n) is 10.3. The summed E-state index contributed by atoms with van der Waals surface area (Å²) in [5.41, 5.74) is 3.11. The van der Waals surface area contributed by atoms with Gasteiger partial charge in [0, 0.05) is 62.1 Å². The van der Waals surface area contributed by atoms with Crippen LogP contribution in [0.5, 0.6) is 0 Å². The molecule has 164 valence electrons. The van der Waals surface area contributed by atoms with Crippen molar-refractivity contribution in [2.75, 3.05) is 65.2 Å². The summed E-state index contributed by atoms with van der Waals surface area (Å²) in [7, 11) is 4.11. The maximum absolute atomic E-state index is 12.8. The lowest BCUT2D eigenvalue weighted by Crippen LogP contribution is -2.49. The molecule has 0 spiro atoms. The van der Waals surface area contributed by atoms with E-state index < -0.39 is 0 Å². The van der Waals surface area contributed by atoms with Crippen molar-refractivity contribution >= 4 is 35.6 Å². The summed E-state index contributed by atoms with van der Waals surface area (Å²) in [6.07, 6.45) is 1.01. The molecule has 1 aliphatic rings. The molecule has 0 aromatic heterocycles. The van der Waals surface area contributed by atoms with E-state index in [4.69, 9.17) is 11.6 Å². The standard InChI is InChI=1S/C23H31ClN4O.ClH/c1-26(2)14-12-25-22-9-5-20(6-10-22)23(29)28-17-15-27(16-18-28)13-11-19-3-7-21(24)8-4-19;/h3-10,25H,11-18H2,1-2H3;1H. The molecule has 1 amide bonds. The van der Waals surface area contributed by atoms with Crippen LogP contribution < -0.4 is 5.32 Å². The van der Waals surface area contributed by atoms with Gasteiger partial charge in [-0.2, -0.15) is 0 Å². The third-order valence-electron chi connectivity index (χ3n) is 5.31. The van der Waals surface area contributed by atoms with Crippen molar-refractivity contribution in [3.63, 3.8) is 0 Å². The van der Waals surface area contributed by atoms with E-state index in [0.717, 1.165) is 68.5 Å². The van der Waals surface area contributed by atoms with Crippen LogP contribution in [-0.2, 0) is 6.42 Å². The molecule has 0 bridgehead atoms. The molecule has 1 heterocycles. The van der Waals surface area contributed by atoms with E-state index in [1.807, 2.05) is 41.3 Å². The largest absolute Gasteiger partial charge is 0.384 e. The number of hydrogen-bond donors (Lipinski definition) is 1. The SMILES string of the molecule is CN(C)CCNc1ccc(C(=O)N2CCN(CCc3ccc(Cl)cc3)CC2)cc1.Cl. The monoisotopic (exact) mass is 450 g/mol. The van der Waals surface area contributed by atoms with Gasteiger partial charge in [0.1, 0.15) is 0 Å². The van der Waals surface area contributed by atoms with Crippen molar-refractivity contribution < 1.29 is 4.79 Å². The van der Waals surface area contributed by atoms with Gasteiger partial charge in [0.15, 0.2) is 0 Å². The number of piperazine rings is 1. The van der Waals surface area contributed by atoms with E-state index in [9.17, 15) is 4.79 Å². The molecule has 1 saturated heterocycles. The highest BCUT2D eigenvalue weighted by Crippen LogP contribution is 2.14. The molecule has 0 radical (unpaired) electrons. The first kappa shape index (κ1) is 24.5. The zero-order chi connectivity index (χ0) is 20.6. The number of benzene rings is 2. The van der Waals surface area contributed by atoms with Crippen LogP contribution in [-0.4, -0.2) is 80.5 Å². The fourth-order valence-electron chi connectivity index (χ4n) is 3.45. The van der Waals surface area contributed by atoms with Gasteiger partial charge in [-0.25, -0.2) is 0 Å². The smallest absolute Gasteiger partial charge is 0.253 e. The number of amides is 1. The van der Waals surface area contributed by atoms with Gasteiger partial charge in [-0.1, -0.05) is 23.7 Å². The van der Waals surface area contributed by atoms with Crippen LogP contribution in [0.2, 0.25) is 5.02 Å². The Morgan fingerprint density at radius 1 is 1.00 bits per heavy atom. The van der Waals surface area contributed by atoms with Crippen molar-refractivity contribution in [2.45, 2.75) is 6.42 Å². The Balaban J connectivity index is 0.00000320. The second-order valence-corrected chi connectivity index (χ2v) is 8.25. The highest BCUT2D eigenvalue weighted by Gasteiger charge is 2.21. The van der Waals surface area contributed by atoms with E-state index in [-0.39, 0.29) is 18.3 Å². The van der Waals surface area contributed by atoms with Gasteiger partial charge in [0.2, 0.25) is 0 Å². The summed E-state index contributed by atoms with van der Waals surface area (Å²) in [6.45, 7) is 6.27. The lowest BCUT2D eigenvalue weighted by atomic mass is 10.1. The van der Waals surface area contributed by atoms with E-state index in [1.165, 1.54) is 5.56 Å². The zero-order valence-electron chi connectivity index (χ0n) is 17.8. The molecule has 2 aromatic rings. The fraction of sp³-hybridized carbons (Fsp3) is 0.435. The Bertz CT molecular complexity index is 773. The molecule has 1 fully saturated rings. The molecule has 30 heavy (non-hydrogen) atoms. The molecule has 7 heteroatoms. The average Bonchev–Trinajstić information content (AvgIpc) is 2.73. The van der Waals surface area contributed by atoms with Crippen molar-refractivity contribution in [3.8, 4) is 0 Å². The third-order valence-corrected chi connectivity index (χ3v) is 5.56. The van der Waals surface area contributed by atoms with Crippen molar-refractivity contribution in [2.24, 2.45) is 0 Å². The summed E-state index contributed by atoms with van der Waals surface area (Å²) >= 11 is 5.95. The number of nitrogens with zero attached hydrogens (tertiary/aromatic N) is 3. The van der Waals surface area contributed by atoms with Gasteiger partial charge in [0.05, 0.1) is 0 Å². The summed E-state index contributed by atoms with van der Waals surface area (Å²) in [5, 5.41) is 4.15. The van der Waals surface area contributed by atoms with Crippen molar-refractivity contribution in [1.82, 2.24) is 14.7 Å². The van der Waals surface area contributed by atoms with E-state index in [0.29, 0.717) is 0 Å². The Labute approximate surface area is 191 Å². The minimum atomic E-state index is 0. The Morgan fingerprint density at radius 2 is 1.63 bits per heavy atom. The van der Waals surface area contributed by atoms with Crippen LogP contribution >= 0.6 is 24.0 Å². The second kappa shape index (κ2) is 12.2. The Kier molecular flexibility index (Phi) is 9.92. The molecular weight excluding hydrogens is 419 g/mol. The van der Waals surface area contributed by atoms with Crippen LogP contribution in [0.15, 0.2) is 48.5 Å². The lowest BCUT2D eigenvalue weighted by Gasteiger charge is -2.34. The summed E-state index contributed by atoms with van der Waals surface area (Å²) in [6, 6.07) is 15.9. The number of carbonyl (C=O) groups excluding carboxylic acids is 1. The van der Waals surface area contributed by atoms with Crippen LogP contribution in [0.25, 0.3) is 0 Å². The summed E-state index contributed by atoms with van der Waals surface area (Å²) < 4.78 is 0. The van der Waals surface area contributed by atoms with Crippen molar-refractivity contribution in [1.29, 1.82) is 0 Å². The quantitative estimate of drug-likeness (QED) is 0.664. The summed E-state index contributed by atoms with van der Waals surface area (Å²) in [5.74, 6) is 0.127. The molecule has 0 atom stereocenters. The minimum absolute atomic E-state index is 0. The number of likely N-dealkylation sites (N-methyl/N-ethyl adjacent to an activating group) is 1. The number of hydrogen-bond acceptors (Lipinski definition) is 4. The Morgan fingerprint density at radius 3 is 2.23 bits per heavy atom. The molecule has 0 aliphatic carbocycles. The van der Waals surface area contributed by atoms with Crippen LogP contribution in [0.4, 0.5) is 5.69 Å². The average molecular weight is 451 g/mol. The van der Waals surface area contributed by atoms with Gasteiger partial charge in [-0.05, 0) is 62.5 Å². The van der Waals surface area contributed by atoms with Gasteiger partial charge < -0.3 is 15.1 Å².